The lowest BCUT2D eigenvalue weighted by atomic mass is 9.87. The number of hydrogen-bond acceptors (Lipinski definition) is 0. The fraction of sp³-hybridized carbons (Fsp3) is 0.600. The smallest absolute Gasteiger partial charge is 0.0400 e. The third kappa shape index (κ3) is 2.34. The molecule has 0 fully saturated rings. The minimum absolute atomic E-state index is 0.510. The molecule has 0 aliphatic carbocycles. The first kappa shape index (κ1) is 13.8. The first-order chi connectivity index (χ1) is 7.41. The first-order valence-corrected chi connectivity index (χ1v) is 7.04. The van der Waals surface area contributed by atoms with Crippen molar-refractivity contribution in [3.63, 3.8) is 0 Å². The van der Waals surface area contributed by atoms with Crippen molar-refractivity contribution in [2.75, 3.05) is 0 Å². The van der Waals surface area contributed by atoms with Gasteiger partial charge < -0.3 is 0 Å². The molecule has 0 aromatic heterocycles. The van der Waals surface area contributed by atoms with Crippen LogP contribution in [0.5, 0.6) is 0 Å². The zero-order valence-electron chi connectivity index (χ0n) is 11.4. The second-order valence-electron chi connectivity index (χ2n) is 4.79. The van der Waals surface area contributed by atoms with E-state index < -0.39 is 0 Å². The van der Waals surface area contributed by atoms with Crippen molar-refractivity contribution in [3.05, 3.63) is 33.4 Å². The van der Waals surface area contributed by atoms with Crippen LogP contribution in [-0.4, -0.2) is 0 Å². The van der Waals surface area contributed by atoms with Gasteiger partial charge in [-0.15, -0.1) is 0 Å². The van der Waals surface area contributed by atoms with Gasteiger partial charge in [0.05, 0.1) is 0 Å². The number of halogens is 1. The summed E-state index contributed by atoms with van der Waals surface area (Å²) in [5.74, 6) is 0. The molecule has 0 aliphatic rings. The van der Waals surface area contributed by atoms with Gasteiger partial charge in [0.25, 0.3) is 0 Å². The Morgan fingerprint density at radius 2 is 1.19 bits per heavy atom. The highest BCUT2D eigenvalue weighted by molar-refractivity contribution is 9.09. The van der Waals surface area contributed by atoms with E-state index in [1.165, 1.54) is 46.2 Å². The van der Waals surface area contributed by atoms with E-state index in [1.54, 1.807) is 0 Å². The molecule has 0 aliphatic heterocycles. The van der Waals surface area contributed by atoms with Crippen molar-refractivity contribution in [2.24, 2.45) is 0 Å². The van der Waals surface area contributed by atoms with Gasteiger partial charge in [0.15, 0.2) is 0 Å². The third-order valence-electron chi connectivity index (χ3n) is 3.91. The summed E-state index contributed by atoms with van der Waals surface area (Å²) in [4.78, 5) is 0.510. The zero-order valence-corrected chi connectivity index (χ0v) is 13.0. The van der Waals surface area contributed by atoms with Crippen molar-refractivity contribution >= 4 is 15.9 Å². The fourth-order valence-electron chi connectivity index (χ4n) is 2.40. The van der Waals surface area contributed by atoms with Crippen molar-refractivity contribution in [1.82, 2.24) is 0 Å². The average molecular weight is 283 g/mol. The molecule has 1 unspecified atom stereocenters. The van der Waals surface area contributed by atoms with Crippen molar-refractivity contribution in [2.45, 2.75) is 59.2 Å². The van der Waals surface area contributed by atoms with E-state index in [1.807, 2.05) is 0 Å². The Kier molecular flexibility index (Phi) is 4.61. The van der Waals surface area contributed by atoms with Crippen LogP contribution in [-0.2, 0) is 0 Å². The zero-order chi connectivity index (χ0) is 12.5. The molecule has 90 valence electrons. The van der Waals surface area contributed by atoms with Crippen LogP contribution in [0.4, 0.5) is 0 Å². The van der Waals surface area contributed by atoms with E-state index in [2.05, 4.69) is 57.5 Å². The van der Waals surface area contributed by atoms with Crippen LogP contribution in [0.3, 0.4) is 0 Å². The Hall–Kier alpha value is -0.300. The lowest BCUT2D eigenvalue weighted by Crippen LogP contribution is -2.04. The monoisotopic (exact) mass is 282 g/mol. The number of benzene rings is 1. The van der Waals surface area contributed by atoms with Gasteiger partial charge in [-0.2, -0.15) is 0 Å². The van der Waals surface area contributed by atoms with Gasteiger partial charge in [0.1, 0.15) is 0 Å². The maximum Gasteiger partial charge on any atom is 0.0400 e. The molecule has 0 spiro atoms. The van der Waals surface area contributed by atoms with Gasteiger partial charge in [0, 0.05) is 4.83 Å². The Morgan fingerprint density at radius 3 is 1.56 bits per heavy atom. The van der Waals surface area contributed by atoms with Crippen LogP contribution in [0.2, 0.25) is 0 Å². The van der Waals surface area contributed by atoms with E-state index in [-0.39, 0.29) is 0 Å². The molecule has 0 nitrogen and oxygen atoms in total. The molecule has 0 radical (unpaired) electrons. The molecule has 1 heteroatoms. The summed E-state index contributed by atoms with van der Waals surface area (Å²) in [5, 5.41) is 0. The van der Waals surface area contributed by atoms with Gasteiger partial charge in [-0.1, -0.05) is 29.3 Å². The quantitative estimate of drug-likeness (QED) is 0.646. The van der Waals surface area contributed by atoms with Crippen LogP contribution in [0.25, 0.3) is 0 Å². The summed E-state index contributed by atoms with van der Waals surface area (Å²) >= 11 is 3.84. The molecule has 1 aromatic carbocycles. The molecule has 0 bridgehead atoms. The van der Waals surface area contributed by atoms with E-state index in [9.17, 15) is 0 Å². The first-order valence-electron chi connectivity index (χ1n) is 6.12. The van der Waals surface area contributed by atoms with Crippen LogP contribution in [0.15, 0.2) is 0 Å². The number of alkyl halides is 1. The molecule has 0 saturated heterocycles. The Bertz CT molecular complexity index is 362. The maximum absolute atomic E-state index is 3.84. The summed E-state index contributed by atoms with van der Waals surface area (Å²) in [7, 11) is 0. The molecule has 16 heavy (non-hydrogen) atoms. The molecule has 1 aromatic rings. The van der Waals surface area contributed by atoms with E-state index in [4.69, 9.17) is 0 Å². The SMILES string of the molecule is CCCC(Br)c1c(C)c(C)c(C)c(C)c1C. The molecular weight excluding hydrogens is 260 g/mol. The fourth-order valence-corrected chi connectivity index (χ4v) is 3.54. The van der Waals surface area contributed by atoms with E-state index >= 15 is 0 Å². The molecule has 0 amide bonds. The van der Waals surface area contributed by atoms with Gasteiger partial charge in [0.2, 0.25) is 0 Å². The second-order valence-corrected chi connectivity index (χ2v) is 5.90. The Morgan fingerprint density at radius 1 is 0.812 bits per heavy atom. The average Bonchev–Trinajstić information content (AvgIpc) is 2.24. The van der Waals surface area contributed by atoms with Gasteiger partial charge in [-0.25, -0.2) is 0 Å². The van der Waals surface area contributed by atoms with Crippen LogP contribution < -0.4 is 0 Å². The molecule has 0 N–H and O–H groups in total. The molecule has 0 heterocycles. The lowest BCUT2D eigenvalue weighted by molar-refractivity contribution is 0.777. The molecule has 1 rings (SSSR count). The van der Waals surface area contributed by atoms with Gasteiger partial charge >= 0.3 is 0 Å². The highest BCUT2D eigenvalue weighted by Gasteiger charge is 2.17. The summed E-state index contributed by atoms with van der Waals surface area (Å²) in [5.41, 5.74) is 8.82. The van der Waals surface area contributed by atoms with E-state index in [0.29, 0.717) is 4.83 Å². The predicted molar refractivity (Wildman–Crippen MR) is 76.7 cm³/mol. The normalized spacial score (nSPS) is 12.9. The van der Waals surface area contributed by atoms with Crippen molar-refractivity contribution in [1.29, 1.82) is 0 Å². The van der Waals surface area contributed by atoms with E-state index in [0.717, 1.165) is 0 Å². The standard InChI is InChI=1S/C15H23Br/c1-7-8-14(16)15-12(5)10(3)9(2)11(4)13(15)6/h14H,7-8H2,1-6H3. The van der Waals surface area contributed by atoms with Crippen LogP contribution in [0.1, 0.15) is 58.0 Å². The van der Waals surface area contributed by atoms with Gasteiger partial charge in [-0.05, 0) is 74.4 Å². The van der Waals surface area contributed by atoms with Crippen LogP contribution in [0, 0.1) is 34.6 Å². The minimum atomic E-state index is 0.510. The highest BCUT2D eigenvalue weighted by atomic mass is 79.9. The highest BCUT2D eigenvalue weighted by Crippen LogP contribution is 2.36. The Labute approximate surface area is 109 Å². The molecule has 0 saturated carbocycles. The van der Waals surface area contributed by atoms with Crippen molar-refractivity contribution in [3.8, 4) is 0 Å². The predicted octanol–water partition coefficient (Wildman–Crippen LogP) is 5.46. The number of rotatable bonds is 3. The minimum Gasteiger partial charge on any atom is -0.0839 e. The molecule has 1 atom stereocenters. The summed E-state index contributed by atoms with van der Waals surface area (Å²) < 4.78 is 0. The second kappa shape index (κ2) is 5.35. The number of hydrogen-bond donors (Lipinski definition) is 0. The van der Waals surface area contributed by atoms with Crippen LogP contribution >= 0.6 is 15.9 Å². The molecular formula is C15H23Br. The largest absolute Gasteiger partial charge is 0.0839 e. The van der Waals surface area contributed by atoms with Crippen molar-refractivity contribution < 1.29 is 0 Å². The topological polar surface area (TPSA) is 0 Å². The summed E-state index contributed by atoms with van der Waals surface area (Å²) in [6, 6.07) is 0. The summed E-state index contributed by atoms with van der Waals surface area (Å²) in [6.07, 6.45) is 2.43. The van der Waals surface area contributed by atoms with Gasteiger partial charge in [-0.3, -0.25) is 0 Å². The lowest BCUT2D eigenvalue weighted by Gasteiger charge is -2.22. The third-order valence-corrected chi connectivity index (χ3v) is 4.83. The summed E-state index contributed by atoms with van der Waals surface area (Å²) in [6.45, 7) is 13.5. The maximum atomic E-state index is 3.84. The Balaban J connectivity index is 3.39.